The molecule has 0 heterocycles. The van der Waals surface area contributed by atoms with Crippen molar-refractivity contribution >= 4 is 39.3 Å². The SMILES string of the molecule is N#C[C@@]1(C=O)[C@H](S(=O)(=O)c2ccc(Cl)cc2)[C@@H]1c1ccc(Cl)cc1. The Balaban J connectivity index is 2.08. The largest absolute Gasteiger partial charge is 0.302 e. The highest BCUT2D eigenvalue weighted by atomic mass is 35.5. The molecule has 2 aromatic rings. The van der Waals surface area contributed by atoms with Crippen LogP contribution in [-0.2, 0) is 14.6 Å². The van der Waals surface area contributed by atoms with Crippen LogP contribution in [0.3, 0.4) is 0 Å². The minimum atomic E-state index is -3.87. The van der Waals surface area contributed by atoms with Crippen LogP contribution in [0.2, 0.25) is 10.0 Å². The second kappa shape index (κ2) is 5.89. The molecular formula is C17H11Cl2NO3S. The summed E-state index contributed by atoms with van der Waals surface area (Å²) < 4.78 is 25.8. The number of hydrogen-bond acceptors (Lipinski definition) is 4. The van der Waals surface area contributed by atoms with Gasteiger partial charge in [-0.2, -0.15) is 5.26 Å². The monoisotopic (exact) mass is 379 g/mol. The summed E-state index contributed by atoms with van der Waals surface area (Å²) in [5.74, 6) is -0.724. The van der Waals surface area contributed by atoms with Gasteiger partial charge in [0, 0.05) is 16.0 Å². The summed E-state index contributed by atoms with van der Waals surface area (Å²) in [5, 5.41) is 9.24. The fraction of sp³-hybridized carbons (Fsp3) is 0.176. The van der Waals surface area contributed by atoms with Crippen molar-refractivity contribution in [3.05, 3.63) is 64.1 Å². The highest BCUT2D eigenvalue weighted by molar-refractivity contribution is 7.92. The third-order valence-corrected chi connectivity index (χ3v) is 7.04. The van der Waals surface area contributed by atoms with Crippen LogP contribution in [0.25, 0.3) is 0 Å². The number of aldehydes is 1. The Bertz CT molecular complexity index is 933. The van der Waals surface area contributed by atoms with Crippen LogP contribution in [0, 0.1) is 16.7 Å². The van der Waals surface area contributed by atoms with Crippen molar-refractivity contribution in [1.29, 1.82) is 5.26 Å². The summed E-state index contributed by atoms with van der Waals surface area (Å²) >= 11 is 11.6. The van der Waals surface area contributed by atoms with E-state index in [2.05, 4.69) is 0 Å². The zero-order chi connectivity index (χ0) is 17.5. The van der Waals surface area contributed by atoms with Gasteiger partial charge in [-0.3, -0.25) is 0 Å². The predicted octanol–water partition coefficient (Wildman–Crippen LogP) is 3.64. The number of carbonyl (C=O) groups excluding carboxylic acids is 1. The lowest BCUT2D eigenvalue weighted by Crippen LogP contribution is -2.16. The van der Waals surface area contributed by atoms with E-state index in [0.29, 0.717) is 21.9 Å². The van der Waals surface area contributed by atoms with Gasteiger partial charge < -0.3 is 4.79 Å². The first-order valence-corrected chi connectivity index (χ1v) is 9.29. The third-order valence-electron chi connectivity index (χ3n) is 4.27. The van der Waals surface area contributed by atoms with E-state index in [1.807, 2.05) is 6.07 Å². The summed E-state index contributed by atoms with van der Waals surface area (Å²) in [6.07, 6.45) is 0.435. The number of nitrogens with zero attached hydrogens (tertiary/aromatic N) is 1. The molecule has 7 heteroatoms. The van der Waals surface area contributed by atoms with Crippen molar-refractivity contribution in [3.8, 4) is 6.07 Å². The first kappa shape index (κ1) is 17.0. The van der Waals surface area contributed by atoms with Gasteiger partial charge in [-0.05, 0) is 42.0 Å². The average Bonchev–Trinajstić information content (AvgIpc) is 3.26. The van der Waals surface area contributed by atoms with Crippen molar-refractivity contribution < 1.29 is 13.2 Å². The minimum absolute atomic E-state index is 0.0369. The van der Waals surface area contributed by atoms with Crippen LogP contribution in [0.1, 0.15) is 11.5 Å². The number of carbonyl (C=O) groups is 1. The summed E-state index contributed by atoms with van der Waals surface area (Å²) in [5.41, 5.74) is -0.998. The standard InChI is InChI=1S/C17H11Cl2NO3S/c18-12-3-1-11(2-4-12)15-16(17(15,9-20)10-21)24(22,23)14-7-5-13(19)6-8-14/h1-8,10,15-16H/t15-,16+,17-/m0/s1. The molecule has 1 saturated carbocycles. The molecule has 1 aliphatic rings. The van der Waals surface area contributed by atoms with Crippen LogP contribution in [0.15, 0.2) is 53.4 Å². The molecule has 1 fully saturated rings. The molecule has 0 N–H and O–H groups in total. The van der Waals surface area contributed by atoms with Crippen molar-refractivity contribution in [1.82, 2.24) is 0 Å². The quantitative estimate of drug-likeness (QED) is 0.759. The van der Waals surface area contributed by atoms with Crippen LogP contribution in [0.4, 0.5) is 0 Å². The molecule has 3 atom stereocenters. The number of hydrogen-bond donors (Lipinski definition) is 0. The Kier molecular flexibility index (Phi) is 4.16. The summed E-state index contributed by atoms with van der Waals surface area (Å²) in [7, 11) is -3.87. The number of sulfone groups is 1. The predicted molar refractivity (Wildman–Crippen MR) is 90.7 cm³/mol. The average molecular weight is 380 g/mol. The number of nitriles is 1. The Morgan fingerprint density at radius 2 is 1.50 bits per heavy atom. The summed E-state index contributed by atoms with van der Waals surface area (Å²) in [6.45, 7) is 0. The molecule has 4 nitrogen and oxygen atoms in total. The normalized spacial score (nSPS) is 25.7. The van der Waals surface area contributed by atoms with Gasteiger partial charge >= 0.3 is 0 Å². The van der Waals surface area contributed by atoms with E-state index in [0.717, 1.165) is 0 Å². The Hall–Kier alpha value is -1.87. The molecule has 0 radical (unpaired) electrons. The van der Waals surface area contributed by atoms with Crippen molar-refractivity contribution in [3.63, 3.8) is 0 Å². The first-order valence-electron chi connectivity index (χ1n) is 6.99. The van der Waals surface area contributed by atoms with Crippen LogP contribution in [0.5, 0.6) is 0 Å². The van der Waals surface area contributed by atoms with Crippen LogP contribution < -0.4 is 0 Å². The van der Waals surface area contributed by atoms with Gasteiger partial charge in [-0.25, -0.2) is 8.42 Å². The number of rotatable bonds is 4. The maximum absolute atomic E-state index is 12.9. The minimum Gasteiger partial charge on any atom is -0.302 e. The van der Waals surface area contributed by atoms with E-state index < -0.39 is 26.4 Å². The van der Waals surface area contributed by atoms with E-state index in [9.17, 15) is 18.5 Å². The smallest absolute Gasteiger partial charge is 0.183 e. The first-order chi connectivity index (χ1) is 11.4. The van der Waals surface area contributed by atoms with E-state index >= 15 is 0 Å². The van der Waals surface area contributed by atoms with E-state index in [-0.39, 0.29) is 4.90 Å². The molecule has 2 aromatic carbocycles. The highest BCUT2D eigenvalue weighted by Gasteiger charge is 2.72. The third kappa shape index (κ3) is 2.51. The van der Waals surface area contributed by atoms with E-state index in [4.69, 9.17) is 23.2 Å². The van der Waals surface area contributed by atoms with Gasteiger partial charge in [-0.15, -0.1) is 0 Å². The summed E-state index contributed by atoms with van der Waals surface area (Å²) in [4.78, 5) is 11.6. The van der Waals surface area contributed by atoms with Gasteiger partial charge in [0.25, 0.3) is 0 Å². The van der Waals surface area contributed by atoms with Crippen LogP contribution in [-0.4, -0.2) is 20.0 Å². The maximum atomic E-state index is 12.9. The molecule has 3 rings (SSSR count). The molecule has 122 valence electrons. The zero-order valence-corrected chi connectivity index (χ0v) is 14.5. The Morgan fingerprint density at radius 3 is 1.96 bits per heavy atom. The lowest BCUT2D eigenvalue weighted by atomic mass is 10.0. The maximum Gasteiger partial charge on any atom is 0.183 e. The fourth-order valence-electron chi connectivity index (χ4n) is 3.00. The van der Waals surface area contributed by atoms with E-state index in [1.165, 1.54) is 24.3 Å². The number of halogens is 2. The molecule has 24 heavy (non-hydrogen) atoms. The molecular weight excluding hydrogens is 369 g/mol. The topological polar surface area (TPSA) is 75.0 Å². The van der Waals surface area contributed by atoms with Crippen LogP contribution >= 0.6 is 23.2 Å². The molecule has 0 spiro atoms. The molecule has 0 unspecified atom stereocenters. The zero-order valence-electron chi connectivity index (χ0n) is 12.2. The molecule has 0 amide bonds. The lowest BCUT2D eigenvalue weighted by molar-refractivity contribution is -0.110. The van der Waals surface area contributed by atoms with Crippen molar-refractivity contribution in [2.45, 2.75) is 16.1 Å². The number of benzene rings is 2. The summed E-state index contributed by atoms with van der Waals surface area (Å²) in [6, 6.07) is 14.1. The fourth-order valence-corrected chi connectivity index (χ4v) is 5.49. The Labute approximate surface area is 149 Å². The lowest BCUT2D eigenvalue weighted by Gasteiger charge is -2.04. The van der Waals surface area contributed by atoms with Gasteiger partial charge in [0.05, 0.1) is 11.0 Å². The highest BCUT2D eigenvalue weighted by Crippen LogP contribution is 2.62. The second-order valence-corrected chi connectivity index (χ2v) is 8.55. The Morgan fingerprint density at radius 1 is 1.00 bits per heavy atom. The van der Waals surface area contributed by atoms with Crippen molar-refractivity contribution in [2.75, 3.05) is 0 Å². The van der Waals surface area contributed by atoms with Gasteiger partial charge in [-0.1, -0.05) is 35.3 Å². The molecule has 0 bridgehead atoms. The molecule has 1 aliphatic carbocycles. The van der Waals surface area contributed by atoms with Crippen molar-refractivity contribution in [2.24, 2.45) is 5.41 Å². The van der Waals surface area contributed by atoms with Gasteiger partial charge in [0.15, 0.2) is 9.84 Å². The molecule has 0 aliphatic heterocycles. The molecule has 0 aromatic heterocycles. The van der Waals surface area contributed by atoms with Gasteiger partial charge in [0.2, 0.25) is 0 Å². The molecule has 0 saturated heterocycles. The second-order valence-electron chi connectivity index (χ2n) is 5.61. The van der Waals surface area contributed by atoms with Gasteiger partial charge in [0.1, 0.15) is 17.0 Å². The van der Waals surface area contributed by atoms with E-state index in [1.54, 1.807) is 24.3 Å².